The van der Waals surface area contributed by atoms with Crippen LogP contribution in [0.25, 0.3) is 0 Å². The van der Waals surface area contributed by atoms with E-state index in [1.54, 1.807) is 23.6 Å². The molecule has 0 amide bonds. The van der Waals surface area contributed by atoms with Gasteiger partial charge in [-0.3, -0.25) is 0 Å². The zero-order chi connectivity index (χ0) is 25.4. The topological polar surface area (TPSA) is 53.4 Å². The number of guanidine groups is 1. The van der Waals surface area contributed by atoms with Gasteiger partial charge in [0.05, 0.1) is 32.0 Å². The Morgan fingerprint density at radius 1 is 0.972 bits per heavy atom. The molecule has 0 radical (unpaired) electrons. The molecule has 0 unspecified atom stereocenters. The summed E-state index contributed by atoms with van der Waals surface area (Å²) >= 11 is 0.928. The summed E-state index contributed by atoms with van der Waals surface area (Å²) in [5.74, 6) is 1.18. The van der Waals surface area contributed by atoms with Crippen LogP contribution in [0.15, 0.2) is 46.9 Å². The maximum absolute atomic E-state index is 14.5. The third kappa shape index (κ3) is 4.52. The second-order valence-electron chi connectivity index (χ2n) is 8.30. The number of rotatable bonds is 4. The number of methoxy groups -OCH3 is 2. The number of nitrogens with zero attached hydrogens (tertiary/aromatic N) is 5. The van der Waals surface area contributed by atoms with Crippen LogP contribution in [0.5, 0.6) is 11.6 Å². The molecule has 36 heavy (non-hydrogen) atoms. The van der Waals surface area contributed by atoms with E-state index < -0.39 is 16.9 Å². The molecule has 1 fully saturated rings. The first kappa shape index (κ1) is 24.2. The summed E-state index contributed by atoms with van der Waals surface area (Å²) in [4.78, 5) is 14.5. The highest BCUT2D eigenvalue weighted by molar-refractivity contribution is 7.08. The molecule has 3 aromatic rings. The van der Waals surface area contributed by atoms with Gasteiger partial charge in [-0.2, -0.15) is 17.6 Å². The summed E-state index contributed by atoms with van der Waals surface area (Å²) in [6.07, 6.45) is -2.85. The summed E-state index contributed by atoms with van der Waals surface area (Å²) in [6, 6.07) is 7.08. The van der Waals surface area contributed by atoms with E-state index in [1.807, 2.05) is 17.0 Å². The van der Waals surface area contributed by atoms with E-state index in [-0.39, 0.29) is 23.7 Å². The zero-order valence-electron chi connectivity index (χ0n) is 19.5. The van der Waals surface area contributed by atoms with Gasteiger partial charge in [0, 0.05) is 55.1 Å². The van der Waals surface area contributed by atoms with Crippen LogP contribution in [-0.2, 0) is 12.7 Å². The molecule has 1 saturated heterocycles. The van der Waals surface area contributed by atoms with Crippen LogP contribution in [0.1, 0.15) is 11.1 Å². The van der Waals surface area contributed by atoms with Crippen molar-refractivity contribution >= 4 is 34.4 Å². The number of aromatic nitrogens is 1. The Balaban J connectivity index is 1.48. The van der Waals surface area contributed by atoms with Crippen molar-refractivity contribution in [3.8, 4) is 11.6 Å². The van der Waals surface area contributed by atoms with Gasteiger partial charge >= 0.3 is 6.18 Å². The maximum atomic E-state index is 14.5. The molecule has 12 heteroatoms. The van der Waals surface area contributed by atoms with Gasteiger partial charge in [-0.05, 0) is 24.3 Å². The lowest BCUT2D eigenvalue weighted by Crippen LogP contribution is -2.54. The molecule has 0 saturated carbocycles. The molecule has 7 nitrogen and oxygen atoms in total. The summed E-state index contributed by atoms with van der Waals surface area (Å²) in [7, 11) is 2.96. The fourth-order valence-electron chi connectivity index (χ4n) is 4.37. The smallest absolute Gasteiger partial charge is 0.416 e. The third-order valence-electron chi connectivity index (χ3n) is 6.23. The minimum Gasteiger partial charge on any atom is -0.495 e. The Morgan fingerprint density at radius 2 is 1.72 bits per heavy atom. The van der Waals surface area contributed by atoms with Crippen molar-refractivity contribution in [2.75, 3.05) is 50.2 Å². The van der Waals surface area contributed by atoms with Gasteiger partial charge in [0.25, 0.3) is 0 Å². The number of alkyl halides is 3. The number of hydrogen-bond donors (Lipinski definition) is 0. The van der Waals surface area contributed by atoms with Crippen molar-refractivity contribution in [3.63, 3.8) is 0 Å². The SMILES string of the molecule is COc1cc(N2CCN(C3=Nc4c(csc4F)CN3c3cc(C(F)(F)F)ccc3OC)CC2)ccn1. The molecule has 1 aromatic carbocycles. The van der Waals surface area contributed by atoms with Crippen LogP contribution in [-0.4, -0.2) is 56.2 Å². The highest BCUT2D eigenvalue weighted by Gasteiger charge is 2.35. The number of aliphatic imine (C=N–C) groups is 1. The fraction of sp³-hybridized carbons (Fsp3) is 0.333. The van der Waals surface area contributed by atoms with Crippen molar-refractivity contribution in [1.82, 2.24) is 9.88 Å². The second-order valence-corrected chi connectivity index (χ2v) is 9.13. The van der Waals surface area contributed by atoms with Gasteiger partial charge in [0.2, 0.25) is 17.0 Å². The van der Waals surface area contributed by atoms with E-state index in [9.17, 15) is 17.6 Å². The molecule has 0 N–H and O–H groups in total. The second kappa shape index (κ2) is 9.49. The molecule has 2 aliphatic rings. The highest BCUT2D eigenvalue weighted by Crippen LogP contribution is 2.41. The Morgan fingerprint density at radius 3 is 2.42 bits per heavy atom. The lowest BCUT2D eigenvalue weighted by Gasteiger charge is -2.42. The number of anilines is 2. The van der Waals surface area contributed by atoms with E-state index in [0.29, 0.717) is 43.6 Å². The summed E-state index contributed by atoms with van der Waals surface area (Å²) in [5.41, 5.74) is 1.23. The first-order chi connectivity index (χ1) is 17.3. The number of hydrogen-bond acceptors (Lipinski definition) is 8. The maximum Gasteiger partial charge on any atom is 0.416 e. The van der Waals surface area contributed by atoms with Gasteiger partial charge in [-0.25, -0.2) is 9.98 Å². The number of benzene rings is 1. The number of fused-ring (bicyclic) bond motifs is 1. The van der Waals surface area contributed by atoms with Crippen LogP contribution >= 0.6 is 11.3 Å². The van der Waals surface area contributed by atoms with Crippen LogP contribution in [0.2, 0.25) is 0 Å². The van der Waals surface area contributed by atoms with Crippen LogP contribution < -0.4 is 19.3 Å². The lowest BCUT2D eigenvalue weighted by atomic mass is 10.1. The molecule has 0 spiro atoms. The Kier molecular flexibility index (Phi) is 6.37. The molecule has 4 heterocycles. The van der Waals surface area contributed by atoms with Crippen molar-refractivity contribution < 1.29 is 27.0 Å². The molecular formula is C24H23F4N5O2S. The van der Waals surface area contributed by atoms with Crippen LogP contribution in [0, 0.1) is 5.13 Å². The van der Waals surface area contributed by atoms with Gasteiger partial charge < -0.3 is 24.2 Å². The predicted octanol–water partition coefficient (Wildman–Crippen LogP) is 5.15. The standard InChI is InChI=1S/C24H23F4N5O2S/c1-34-19-4-3-16(24(26,27)28)11-18(19)33-13-15-14-36-22(25)21(15)30-23(33)32-9-7-31(8-10-32)17-5-6-29-20(12-17)35-2/h3-6,11-12,14H,7-10,13H2,1-2H3. The van der Waals surface area contributed by atoms with E-state index >= 15 is 0 Å². The predicted molar refractivity (Wildman–Crippen MR) is 130 cm³/mol. The van der Waals surface area contributed by atoms with Gasteiger partial charge in [-0.15, -0.1) is 11.3 Å². The van der Waals surface area contributed by atoms with Gasteiger partial charge in [-0.1, -0.05) is 0 Å². The van der Waals surface area contributed by atoms with Crippen molar-refractivity contribution in [2.24, 2.45) is 4.99 Å². The molecule has 190 valence electrons. The Bertz CT molecular complexity index is 1290. The number of pyridine rings is 1. The third-order valence-corrected chi connectivity index (χ3v) is 7.03. The first-order valence-electron chi connectivity index (χ1n) is 11.2. The number of piperazine rings is 1. The van der Waals surface area contributed by atoms with E-state index in [0.717, 1.165) is 29.2 Å². The normalized spacial score (nSPS) is 16.1. The van der Waals surface area contributed by atoms with Crippen LogP contribution in [0.4, 0.5) is 34.6 Å². The van der Waals surface area contributed by atoms with Crippen molar-refractivity contribution in [1.29, 1.82) is 0 Å². The quantitative estimate of drug-likeness (QED) is 0.443. The first-order valence-corrected chi connectivity index (χ1v) is 12.0. The molecule has 5 rings (SSSR count). The zero-order valence-corrected chi connectivity index (χ0v) is 20.4. The van der Waals surface area contributed by atoms with Crippen LogP contribution in [0.3, 0.4) is 0 Å². The summed E-state index contributed by atoms with van der Waals surface area (Å²) in [6.45, 7) is 2.48. The summed E-state index contributed by atoms with van der Waals surface area (Å²) < 4.78 is 65.8. The monoisotopic (exact) mass is 521 g/mol. The average Bonchev–Trinajstić information content (AvgIpc) is 3.26. The minimum atomic E-state index is -4.52. The Hall–Kier alpha value is -3.54. The van der Waals surface area contributed by atoms with Crippen molar-refractivity contribution in [3.05, 3.63) is 58.2 Å². The lowest BCUT2D eigenvalue weighted by molar-refractivity contribution is -0.137. The van der Waals surface area contributed by atoms with Gasteiger partial charge in [0.15, 0.2) is 0 Å². The average molecular weight is 522 g/mol. The largest absolute Gasteiger partial charge is 0.495 e. The van der Waals surface area contributed by atoms with E-state index in [2.05, 4.69) is 14.9 Å². The molecule has 0 aliphatic carbocycles. The van der Waals surface area contributed by atoms with E-state index in [4.69, 9.17) is 9.47 Å². The minimum absolute atomic E-state index is 0.175. The summed E-state index contributed by atoms with van der Waals surface area (Å²) in [5, 5.41) is 1.23. The molecule has 0 atom stereocenters. The molecular weight excluding hydrogens is 498 g/mol. The Labute approximate surface area is 209 Å². The number of halogens is 4. The van der Waals surface area contributed by atoms with E-state index in [1.165, 1.54) is 13.2 Å². The van der Waals surface area contributed by atoms with Gasteiger partial charge in [0.1, 0.15) is 11.4 Å². The molecule has 0 bridgehead atoms. The highest BCUT2D eigenvalue weighted by atomic mass is 32.1. The fourth-order valence-corrected chi connectivity index (χ4v) is 5.09. The number of thiophene rings is 1. The molecule has 2 aliphatic heterocycles. The molecule has 2 aromatic heterocycles. The number of ether oxygens (including phenoxy) is 2. The van der Waals surface area contributed by atoms with Crippen molar-refractivity contribution in [2.45, 2.75) is 12.7 Å².